The Morgan fingerprint density at radius 1 is 1.30 bits per heavy atom. The molecule has 3 heterocycles. The van der Waals surface area contributed by atoms with Crippen LogP contribution in [0.3, 0.4) is 0 Å². The largest absolute Gasteiger partial charge is 0.484 e. The van der Waals surface area contributed by atoms with Crippen molar-refractivity contribution in [2.45, 2.75) is 20.3 Å². The molecule has 1 N–H and O–H groups in total. The summed E-state index contributed by atoms with van der Waals surface area (Å²) in [4.78, 5) is 22.1. The van der Waals surface area contributed by atoms with Gasteiger partial charge in [0.05, 0.1) is 11.0 Å². The highest BCUT2D eigenvalue weighted by molar-refractivity contribution is 5.90. The standard InChI is InChI=1S/C22H23N3O2/c1-15-5-6-20(16(2)12-15)27-14-21(26)25-10-7-17(8-11-25)18-13-24-19-4-3-9-23-22(18)19/h3-7,9,12-13,24H,8,10-11,14H2,1-2H3. The number of pyridine rings is 1. The van der Waals surface area contributed by atoms with Crippen LogP contribution in [0.1, 0.15) is 23.1 Å². The van der Waals surface area contributed by atoms with Crippen molar-refractivity contribution in [3.63, 3.8) is 0 Å². The zero-order chi connectivity index (χ0) is 18.8. The summed E-state index contributed by atoms with van der Waals surface area (Å²) in [5, 5.41) is 0. The van der Waals surface area contributed by atoms with Crippen molar-refractivity contribution in [1.29, 1.82) is 0 Å². The van der Waals surface area contributed by atoms with Gasteiger partial charge < -0.3 is 14.6 Å². The maximum Gasteiger partial charge on any atom is 0.260 e. The van der Waals surface area contributed by atoms with Crippen LogP contribution in [0.15, 0.2) is 48.8 Å². The fraction of sp³-hybridized carbons (Fsp3) is 0.273. The summed E-state index contributed by atoms with van der Waals surface area (Å²) in [5.74, 6) is 0.786. The van der Waals surface area contributed by atoms with Crippen LogP contribution in [-0.4, -0.2) is 40.5 Å². The van der Waals surface area contributed by atoms with E-state index in [1.165, 1.54) is 11.1 Å². The molecule has 0 fully saturated rings. The van der Waals surface area contributed by atoms with Gasteiger partial charge in [-0.25, -0.2) is 0 Å². The number of hydrogen-bond donors (Lipinski definition) is 1. The molecule has 1 aliphatic heterocycles. The predicted octanol–water partition coefficient (Wildman–Crippen LogP) is 3.87. The minimum absolute atomic E-state index is 0.0160. The van der Waals surface area contributed by atoms with Gasteiger partial charge in [-0.2, -0.15) is 0 Å². The summed E-state index contributed by atoms with van der Waals surface area (Å²) in [7, 11) is 0. The van der Waals surface area contributed by atoms with Crippen molar-refractivity contribution >= 4 is 22.5 Å². The predicted molar refractivity (Wildman–Crippen MR) is 107 cm³/mol. The number of benzene rings is 1. The summed E-state index contributed by atoms with van der Waals surface area (Å²) in [5.41, 5.74) is 6.63. The first-order valence-electron chi connectivity index (χ1n) is 9.21. The quantitative estimate of drug-likeness (QED) is 0.767. The highest BCUT2D eigenvalue weighted by Crippen LogP contribution is 2.28. The molecule has 4 rings (SSSR count). The number of carbonyl (C=O) groups is 1. The molecule has 0 radical (unpaired) electrons. The van der Waals surface area contributed by atoms with Crippen molar-refractivity contribution < 1.29 is 9.53 Å². The van der Waals surface area contributed by atoms with Gasteiger partial charge in [0, 0.05) is 31.0 Å². The summed E-state index contributed by atoms with van der Waals surface area (Å²) in [6.07, 6.45) is 6.75. The normalized spacial score (nSPS) is 14.3. The van der Waals surface area contributed by atoms with Gasteiger partial charge in [0.2, 0.25) is 0 Å². The van der Waals surface area contributed by atoms with Crippen LogP contribution in [0.4, 0.5) is 0 Å². The van der Waals surface area contributed by atoms with Crippen LogP contribution >= 0.6 is 0 Å². The molecule has 0 spiro atoms. The van der Waals surface area contributed by atoms with Gasteiger partial charge in [0.1, 0.15) is 5.75 Å². The first-order valence-corrected chi connectivity index (χ1v) is 9.21. The lowest BCUT2D eigenvalue weighted by atomic mass is 10.0. The fourth-order valence-corrected chi connectivity index (χ4v) is 3.53. The number of carbonyl (C=O) groups excluding carboxylic acids is 1. The fourth-order valence-electron chi connectivity index (χ4n) is 3.53. The van der Waals surface area contributed by atoms with Gasteiger partial charge in [-0.1, -0.05) is 23.8 Å². The molecule has 1 amide bonds. The lowest BCUT2D eigenvalue weighted by Gasteiger charge is -2.26. The topological polar surface area (TPSA) is 58.2 Å². The number of nitrogens with zero attached hydrogens (tertiary/aromatic N) is 2. The monoisotopic (exact) mass is 361 g/mol. The van der Waals surface area contributed by atoms with E-state index in [4.69, 9.17) is 4.74 Å². The third kappa shape index (κ3) is 3.58. The molecule has 3 aromatic rings. The van der Waals surface area contributed by atoms with Crippen molar-refractivity contribution in [1.82, 2.24) is 14.9 Å². The van der Waals surface area contributed by atoms with Gasteiger partial charge in [0.25, 0.3) is 5.91 Å². The van der Waals surface area contributed by atoms with Gasteiger partial charge in [0.15, 0.2) is 6.61 Å². The molecule has 0 atom stereocenters. The molecular weight excluding hydrogens is 338 g/mol. The molecule has 1 aliphatic rings. The molecule has 0 saturated heterocycles. The molecule has 138 valence electrons. The number of aromatic nitrogens is 2. The van der Waals surface area contributed by atoms with E-state index < -0.39 is 0 Å². The maximum atomic E-state index is 12.5. The number of nitrogens with one attached hydrogen (secondary N) is 1. The Morgan fingerprint density at radius 2 is 2.19 bits per heavy atom. The maximum absolute atomic E-state index is 12.5. The van der Waals surface area contributed by atoms with Crippen LogP contribution in [-0.2, 0) is 4.79 Å². The minimum atomic E-state index is 0.0160. The lowest BCUT2D eigenvalue weighted by Crippen LogP contribution is -2.37. The van der Waals surface area contributed by atoms with E-state index in [1.54, 1.807) is 0 Å². The van der Waals surface area contributed by atoms with E-state index in [1.807, 2.05) is 55.4 Å². The second kappa shape index (κ2) is 7.27. The van der Waals surface area contributed by atoms with Crippen LogP contribution < -0.4 is 4.74 Å². The van der Waals surface area contributed by atoms with E-state index >= 15 is 0 Å². The molecule has 27 heavy (non-hydrogen) atoms. The summed E-state index contributed by atoms with van der Waals surface area (Å²) in [6.45, 7) is 5.41. The summed E-state index contributed by atoms with van der Waals surface area (Å²) in [6, 6.07) is 9.93. The first kappa shape index (κ1) is 17.3. The number of aryl methyl sites for hydroxylation is 2. The van der Waals surface area contributed by atoms with Crippen LogP contribution in [0, 0.1) is 13.8 Å². The van der Waals surface area contributed by atoms with Gasteiger partial charge in [-0.05, 0) is 49.6 Å². The average Bonchev–Trinajstić information content (AvgIpc) is 3.11. The Kier molecular flexibility index (Phi) is 4.67. The Labute approximate surface area is 158 Å². The van der Waals surface area contributed by atoms with Crippen LogP contribution in [0.5, 0.6) is 5.75 Å². The Bertz CT molecular complexity index is 1020. The number of ether oxygens (including phenoxy) is 1. The number of hydrogen-bond acceptors (Lipinski definition) is 3. The zero-order valence-corrected chi connectivity index (χ0v) is 15.7. The molecule has 2 aromatic heterocycles. The summed E-state index contributed by atoms with van der Waals surface area (Å²) >= 11 is 0. The average molecular weight is 361 g/mol. The minimum Gasteiger partial charge on any atom is -0.484 e. The van der Waals surface area contributed by atoms with Crippen molar-refractivity contribution in [2.75, 3.05) is 19.7 Å². The molecule has 0 saturated carbocycles. The zero-order valence-electron chi connectivity index (χ0n) is 15.7. The highest BCUT2D eigenvalue weighted by atomic mass is 16.5. The van der Waals surface area contributed by atoms with Gasteiger partial charge in [-0.3, -0.25) is 9.78 Å². The number of rotatable bonds is 4. The number of fused-ring (bicyclic) bond motifs is 1. The lowest BCUT2D eigenvalue weighted by molar-refractivity contribution is -0.132. The third-order valence-corrected chi connectivity index (χ3v) is 5.02. The SMILES string of the molecule is Cc1ccc(OCC(=O)N2CC=C(c3c[nH]c4cccnc34)CC2)c(C)c1. The second-order valence-electron chi connectivity index (χ2n) is 6.98. The van der Waals surface area contributed by atoms with E-state index in [0.717, 1.165) is 34.3 Å². The molecule has 0 aliphatic carbocycles. The second-order valence-corrected chi connectivity index (χ2v) is 6.98. The van der Waals surface area contributed by atoms with Crippen molar-refractivity contribution in [2.24, 2.45) is 0 Å². The van der Waals surface area contributed by atoms with E-state index in [9.17, 15) is 4.79 Å². The first-order chi connectivity index (χ1) is 13.1. The van der Waals surface area contributed by atoms with E-state index in [0.29, 0.717) is 13.1 Å². The smallest absolute Gasteiger partial charge is 0.260 e. The Balaban J connectivity index is 1.40. The van der Waals surface area contributed by atoms with Crippen LogP contribution in [0.25, 0.3) is 16.6 Å². The Hall–Kier alpha value is -3.08. The summed E-state index contributed by atoms with van der Waals surface area (Å²) < 4.78 is 5.74. The molecule has 1 aromatic carbocycles. The molecule has 5 heteroatoms. The Morgan fingerprint density at radius 3 is 2.96 bits per heavy atom. The van der Waals surface area contributed by atoms with Gasteiger partial charge >= 0.3 is 0 Å². The number of aromatic amines is 1. The molecule has 0 bridgehead atoms. The van der Waals surface area contributed by atoms with Crippen molar-refractivity contribution in [3.05, 3.63) is 65.5 Å². The van der Waals surface area contributed by atoms with Crippen LogP contribution in [0.2, 0.25) is 0 Å². The van der Waals surface area contributed by atoms with Crippen molar-refractivity contribution in [3.8, 4) is 5.75 Å². The van der Waals surface area contributed by atoms with E-state index in [2.05, 4.69) is 22.1 Å². The molecule has 5 nitrogen and oxygen atoms in total. The number of amides is 1. The van der Waals surface area contributed by atoms with Gasteiger partial charge in [-0.15, -0.1) is 0 Å². The van der Waals surface area contributed by atoms with E-state index in [-0.39, 0.29) is 12.5 Å². The highest BCUT2D eigenvalue weighted by Gasteiger charge is 2.20. The molecular formula is C22H23N3O2. The number of H-pyrrole nitrogens is 1. The molecule has 0 unspecified atom stereocenters. The third-order valence-electron chi connectivity index (χ3n) is 5.02.